The number of fused-ring (bicyclic) bond motifs is 1. The topological polar surface area (TPSA) is 41.6 Å². The van der Waals surface area contributed by atoms with E-state index in [4.69, 9.17) is 4.74 Å². The molecule has 0 radical (unpaired) electrons. The molecule has 0 saturated carbocycles. The van der Waals surface area contributed by atoms with Gasteiger partial charge in [-0.2, -0.15) is 0 Å². The van der Waals surface area contributed by atoms with Crippen LogP contribution in [0.5, 0.6) is 5.75 Å². The van der Waals surface area contributed by atoms with Crippen molar-refractivity contribution in [3.05, 3.63) is 65.7 Å². The van der Waals surface area contributed by atoms with Crippen LogP contribution in [0.2, 0.25) is 0 Å². The second-order valence-electron chi connectivity index (χ2n) is 6.20. The molecule has 1 heterocycles. The van der Waals surface area contributed by atoms with Crippen molar-refractivity contribution in [2.45, 2.75) is 25.4 Å². The molecule has 3 rings (SSSR count). The Morgan fingerprint density at radius 3 is 2.75 bits per heavy atom. The van der Waals surface area contributed by atoms with E-state index in [9.17, 15) is 4.79 Å². The first-order chi connectivity index (χ1) is 11.7. The molecule has 2 aromatic rings. The molecular weight excluding hydrogens is 300 g/mol. The van der Waals surface area contributed by atoms with E-state index in [2.05, 4.69) is 11.4 Å². The quantitative estimate of drug-likeness (QED) is 0.918. The van der Waals surface area contributed by atoms with Crippen molar-refractivity contribution in [3.8, 4) is 5.75 Å². The zero-order chi connectivity index (χ0) is 16.8. The van der Waals surface area contributed by atoms with Crippen LogP contribution in [0.15, 0.2) is 54.6 Å². The van der Waals surface area contributed by atoms with Gasteiger partial charge in [0.25, 0.3) is 0 Å². The van der Waals surface area contributed by atoms with Crippen LogP contribution < -0.4 is 10.1 Å². The summed E-state index contributed by atoms with van der Waals surface area (Å²) in [7, 11) is 1.85. The molecule has 1 N–H and O–H groups in total. The van der Waals surface area contributed by atoms with Crippen molar-refractivity contribution in [1.29, 1.82) is 0 Å². The van der Waals surface area contributed by atoms with E-state index in [0.717, 1.165) is 36.3 Å². The molecular formula is C20H24N2O2. The number of para-hydroxylation sites is 1. The first-order valence-electron chi connectivity index (χ1n) is 8.47. The minimum atomic E-state index is 0.0986. The fraction of sp³-hybridized carbons (Fsp3) is 0.350. The molecule has 1 unspecified atom stereocenters. The molecule has 126 valence electrons. The van der Waals surface area contributed by atoms with Crippen LogP contribution >= 0.6 is 0 Å². The Kier molecular flexibility index (Phi) is 5.49. The van der Waals surface area contributed by atoms with Gasteiger partial charge < -0.3 is 15.0 Å². The van der Waals surface area contributed by atoms with E-state index in [1.165, 1.54) is 0 Å². The maximum Gasteiger partial charge on any atom is 0.236 e. The van der Waals surface area contributed by atoms with Crippen LogP contribution in [0, 0.1) is 0 Å². The highest BCUT2D eigenvalue weighted by atomic mass is 16.5. The summed E-state index contributed by atoms with van der Waals surface area (Å²) < 4.78 is 5.78. The van der Waals surface area contributed by atoms with Crippen molar-refractivity contribution >= 4 is 5.91 Å². The summed E-state index contributed by atoms with van der Waals surface area (Å²) in [6.07, 6.45) is 1.97. The summed E-state index contributed by atoms with van der Waals surface area (Å²) in [4.78, 5) is 14.2. The number of amides is 1. The lowest BCUT2D eigenvalue weighted by atomic mass is 10.0. The Hall–Kier alpha value is -2.33. The standard InChI is InChI=1S/C20H24N2O2/c1-22(15-16-8-3-2-4-9-16)20(23)14-21-18-11-7-13-24-19-12-6-5-10-17(18)19/h2-6,8-10,12,18,21H,7,11,13-15H2,1H3. The molecule has 1 aliphatic heterocycles. The molecule has 1 aliphatic rings. The molecule has 24 heavy (non-hydrogen) atoms. The van der Waals surface area contributed by atoms with Crippen molar-refractivity contribution in [3.63, 3.8) is 0 Å². The Balaban J connectivity index is 1.58. The Labute approximate surface area is 143 Å². The van der Waals surface area contributed by atoms with Crippen molar-refractivity contribution in [2.75, 3.05) is 20.2 Å². The lowest BCUT2D eigenvalue weighted by Gasteiger charge is -2.21. The number of ether oxygens (including phenoxy) is 1. The highest BCUT2D eigenvalue weighted by Gasteiger charge is 2.20. The van der Waals surface area contributed by atoms with Crippen LogP contribution in [-0.2, 0) is 11.3 Å². The van der Waals surface area contributed by atoms with Gasteiger partial charge in [-0.15, -0.1) is 0 Å². The van der Waals surface area contributed by atoms with Gasteiger partial charge in [0.15, 0.2) is 0 Å². The number of nitrogens with one attached hydrogen (secondary N) is 1. The molecule has 0 aliphatic carbocycles. The number of rotatable bonds is 5. The van der Waals surface area contributed by atoms with Crippen LogP contribution in [0.3, 0.4) is 0 Å². The minimum Gasteiger partial charge on any atom is -0.493 e. The fourth-order valence-corrected chi connectivity index (χ4v) is 3.03. The molecule has 0 saturated heterocycles. The number of hydrogen-bond donors (Lipinski definition) is 1. The maximum absolute atomic E-state index is 12.4. The summed E-state index contributed by atoms with van der Waals surface area (Å²) in [5, 5.41) is 3.41. The van der Waals surface area contributed by atoms with Gasteiger partial charge in [-0.25, -0.2) is 0 Å². The predicted octanol–water partition coefficient (Wildman–Crippen LogP) is 3.15. The van der Waals surface area contributed by atoms with Crippen LogP contribution in [-0.4, -0.2) is 31.0 Å². The number of carbonyl (C=O) groups excluding carboxylic acids is 1. The average molecular weight is 324 g/mol. The van der Waals surface area contributed by atoms with Crippen LogP contribution in [0.4, 0.5) is 0 Å². The number of carbonyl (C=O) groups is 1. The maximum atomic E-state index is 12.4. The van der Waals surface area contributed by atoms with Crippen molar-refractivity contribution in [1.82, 2.24) is 10.2 Å². The van der Waals surface area contributed by atoms with Gasteiger partial charge in [-0.05, 0) is 24.5 Å². The van der Waals surface area contributed by atoms with Gasteiger partial charge in [0.05, 0.1) is 13.2 Å². The molecule has 0 spiro atoms. The average Bonchev–Trinajstić information content (AvgIpc) is 2.82. The summed E-state index contributed by atoms with van der Waals surface area (Å²) >= 11 is 0. The van der Waals surface area contributed by atoms with E-state index in [1.807, 2.05) is 55.6 Å². The summed E-state index contributed by atoms with van der Waals surface area (Å²) in [6, 6.07) is 18.3. The largest absolute Gasteiger partial charge is 0.493 e. The highest BCUT2D eigenvalue weighted by molar-refractivity contribution is 5.78. The van der Waals surface area contributed by atoms with Gasteiger partial charge in [-0.1, -0.05) is 48.5 Å². The second-order valence-corrected chi connectivity index (χ2v) is 6.20. The predicted molar refractivity (Wildman–Crippen MR) is 94.8 cm³/mol. The van der Waals surface area contributed by atoms with E-state index in [0.29, 0.717) is 13.1 Å². The summed E-state index contributed by atoms with van der Waals surface area (Å²) in [5.41, 5.74) is 2.29. The second kappa shape index (κ2) is 7.97. The van der Waals surface area contributed by atoms with Gasteiger partial charge in [0.2, 0.25) is 5.91 Å². The van der Waals surface area contributed by atoms with Crippen LogP contribution in [0.25, 0.3) is 0 Å². The molecule has 1 amide bonds. The third-order valence-electron chi connectivity index (χ3n) is 4.38. The molecule has 0 fully saturated rings. The van der Waals surface area contributed by atoms with E-state index >= 15 is 0 Å². The first-order valence-corrected chi connectivity index (χ1v) is 8.47. The zero-order valence-corrected chi connectivity index (χ0v) is 14.1. The minimum absolute atomic E-state index is 0.0986. The third kappa shape index (κ3) is 4.15. The van der Waals surface area contributed by atoms with Gasteiger partial charge in [-0.3, -0.25) is 4.79 Å². The van der Waals surface area contributed by atoms with Crippen molar-refractivity contribution < 1.29 is 9.53 Å². The Morgan fingerprint density at radius 2 is 1.92 bits per heavy atom. The van der Waals surface area contributed by atoms with Gasteiger partial charge in [0.1, 0.15) is 5.75 Å². The summed E-state index contributed by atoms with van der Waals surface area (Å²) in [5.74, 6) is 1.03. The SMILES string of the molecule is CN(Cc1ccccc1)C(=O)CNC1CCCOc2ccccc21. The molecule has 4 nitrogen and oxygen atoms in total. The Morgan fingerprint density at radius 1 is 1.17 bits per heavy atom. The first kappa shape index (κ1) is 16.5. The lowest BCUT2D eigenvalue weighted by molar-refractivity contribution is -0.129. The smallest absolute Gasteiger partial charge is 0.236 e. The van der Waals surface area contributed by atoms with E-state index in [1.54, 1.807) is 4.90 Å². The monoisotopic (exact) mass is 324 g/mol. The highest BCUT2D eigenvalue weighted by Crippen LogP contribution is 2.30. The van der Waals surface area contributed by atoms with Gasteiger partial charge >= 0.3 is 0 Å². The zero-order valence-electron chi connectivity index (χ0n) is 14.1. The summed E-state index contributed by atoms with van der Waals surface area (Å²) in [6.45, 7) is 1.70. The normalized spacial score (nSPS) is 16.6. The number of likely N-dealkylation sites (N-methyl/N-ethyl adjacent to an activating group) is 1. The van der Waals surface area contributed by atoms with E-state index in [-0.39, 0.29) is 11.9 Å². The third-order valence-corrected chi connectivity index (χ3v) is 4.38. The molecule has 0 aromatic heterocycles. The fourth-order valence-electron chi connectivity index (χ4n) is 3.03. The Bertz CT molecular complexity index is 672. The van der Waals surface area contributed by atoms with Crippen LogP contribution in [0.1, 0.15) is 30.0 Å². The van der Waals surface area contributed by atoms with E-state index < -0.39 is 0 Å². The molecule has 2 aromatic carbocycles. The molecule has 4 heteroatoms. The lowest BCUT2D eigenvalue weighted by Crippen LogP contribution is -2.36. The molecule has 0 bridgehead atoms. The molecule has 1 atom stereocenters. The number of benzene rings is 2. The number of hydrogen-bond acceptors (Lipinski definition) is 3. The van der Waals surface area contributed by atoms with Gasteiger partial charge in [0, 0.05) is 25.2 Å². The number of nitrogens with zero attached hydrogens (tertiary/aromatic N) is 1. The van der Waals surface area contributed by atoms with Crippen molar-refractivity contribution in [2.24, 2.45) is 0 Å².